The van der Waals surface area contributed by atoms with Crippen LogP contribution >= 0.6 is 11.8 Å². The second-order valence-corrected chi connectivity index (χ2v) is 6.31. The van der Waals surface area contributed by atoms with Gasteiger partial charge in [0, 0.05) is 10.3 Å². The van der Waals surface area contributed by atoms with Crippen LogP contribution in [0.15, 0.2) is 34.3 Å². The van der Waals surface area contributed by atoms with Crippen molar-refractivity contribution >= 4 is 17.6 Å². The average molecular weight is 266 g/mol. The third-order valence-electron chi connectivity index (χ3n) is 3.01. The number of nitrogens with zero attached hydrogens (tertiary/aromatic N) is 1. The number of nitrogens with two attached hydrogens (primary N) is 1. The third-order valence-corrected chi connectivity index (χ3v) is 4.09. The van der Waals surface area contributed by atoms with Gasteiger partial charge < -0.3 is 10.9 Å². The molecule has 0 saturated heterocycles. The fraction of sp³-hybridized carbons (Fsp3) is 0.500. The number of thioether (sulfide) groups is 1. The normalized spacial score (nSPS) is 12.7. The topological polar surface area (TPSA) is 58.6 Å². The summed E-state index contributed by atoms with van der Waals surface area (Å²) in [4.78, 5) is 1.30. The van der Waals surface area contributed by atoms with E-state index in [-0.39, 0.29) is 5.41 Å². The summed E-state index contributed by atoms with van der Waals surface area (Å²) in [6, 6.07) is 8.51. The Bertz CT molecular complexity index is 416. The molecule has 0 amide bonds. The van der Waals surface area contributed by atoms with Crippen LogP contribution in [-0.4, -0.2) is 16.8 Å². The van der Waals surface area contributed by atoms with Crippen LogP contribution in [0.3, 0.4) is 0 Å². The molecule has 0 aliphatic heterocycles. The molecule has 0 spiro atoms. The molecule has 0 aromatic heterocycles. The molecule has 0 fully saturated rings. The predicted octanol–water partition coefficient (Wildman–Crippen LogP) is 3.64. The lowest BCUT2D eigenvalue weighted by molar-refractivity contribution is 0.305. The zero-order chi connectivity index (χ0) is 13.6. The molecule has 3 N–H and O–H groups in total. The Morgan fingerprint density at radius 1 is 1.44 bits per heavy atom. The Hall–Kier alpha value is -1.16. The van der Waals surface area contributed by atoms with Gasteiger partial charge in [-0.3, -0.25) is 0 Å². The van der Waals surface area contributed by atoms with Crippen molar-refractivity contribution in [2.24, 2.45) is 16.3 Å². The Kier molecular flexibility index (Phi) is 5.54. The minimum Gasteiger partial charge on any atom is -0.409 e. The van der Waals surface area contributed by atoms with Crippen LogP contribution in [-0.2, 0) is 0 Å². The van der Waals surface area contributed by atoms with E-state index in [4.69, 9.17) is 10.9 Å². The Balaban J connectivity index is 2.35. The first-order chi connectivity index (χ1) is 8.45. The Morgan fingerprint density at radius 3 is 2.78 bits per heavy atom. The maximum atomic E-state index is 8.69. The van der Waals surface area contributed by atoms with E-state index >= 15 is 0 Å². The zero-order valence-electron chi connectivity index (χ0n) is 11.3. The molecule has 0 heterocycles. The van der Waals surface area contributed by atoms with E-state index in [1.54, 1.807) is 0 Å². The number of hydrogen-bond acceptors (Lipinski definition) is 3. The first-order valence-corrected chi connectivity index (χ1v) is 7.12. The van der Waals surface area contributed by atoms with E-state index < -0.39 is 0 Å². The Labute approximate surface area is 113 Å². The standard InChI is InChI=1S/C14H22N2OS/c1-11-6-4-7-12(10-11)18-9-5-8-14(2,3)13(15)16-17/h4,6-7,10,17H,5,8-9H2,1-3H3,(H2,15,16). The first-order valence-electron chi connectivity index (χ1n) is 6.13. The van der Waals surface area contributed by atoms with Crippen molar-refractivity contribution in [2.75, 3.05) is 5.75 Å². The quantitative estimate of drug-likeness (QED) is 0.206. The van der Waals surface area contributed by atoms with Gasteiger partial charge in [0.15, 0.2) is 0 Å². The van der Waals surface area contributed by atoms with Gasteiger partial charge in [0.05, 0.1) is 0 Å². The number of hydrogen-bond donors (Lipinski definition) is 2. The SMILES string of the molecule is Cc1cccc(SCCCC(C)(C)C(N)=NO)c1. The molecule has 1 aromatic carbocycles. The van der Waals surface area contributed by atoms with Crippen molar-refractivity contribution in [1.82, 2.24) is 0 Å². The maximum absolute atomic E-state index is 8.69. The van der Waals surface area contributed by atoms with Gasteiger partial charge >= 0.3 is 0 Å². The molecular formula is C14H22N2OS. The van der Waals surface area contributed by atoms with Crippen molar-refractivity contribution < 1.29 is 5.21 Å². The van der Waals surface area contributed by atoms with Gasteiger partial charge in [-0.25, -0.2) is 0 Å². The van der Waals surface area contributed by atoms with Crippen LogP contribution in [0.4, 0.5) is 0 Å². The van der Waals surface area contributed by atoms with Gasteiger partial charge in [0.2, 0.25) is 0 Å². The molecule has 0 aliphatic rings. The van der Waals surface area contributed by atoms with Crippen LogP contribution in [0.2, 0.25) is 0 Å². The summed E-state index contributed by atoms with van der Waals surface area (Å²) in [5.74, 6) is 1.36. The molecule has 0 aliphatic carbocycles. The lowest BCUT2D eigenvalue weighted by Crippen LogP contribution is -2.31. The van der Waals surface area contributed by atoms with E-state index in [0.29, 0.717) is 5.84 Å². The minimum atomic E-state index is -0.234. The summed E-state index contributed by atoms with van der Waals surface area (Å²) in [7, 11) is 0. The van der Waals surface area contributed by atoms with E-state index in [2.05, 4.69) is 36.3 Å². The van der Waals surface area contributed by atoms with Gasteiger partial charge in [-0.2, -0.15) is 0 Å². The smallest absolute Gasteiger partial charge is 0.144 e. The number of benzene rings is 1. The summed E-state index contributed by atoms with van der Waals surface area (Å²) < 4.78 is 0. The molecule has 1 aromatic rings. The number of rotatable bonds is 6. The number of amidine groups is 1. The van der Waals surface area contributed by atoms with E-state index in [0.717, 1.165) is 18.6 Å². The lowest BCUT2D eigenvalue weighted by atomic mass is 9.87. The van der Waals surface area contributed by atoms with Crippen molar-refractivity contribution in [3.05, 3.63) is 29.8 Å². The van der Waals surface area contributed by atoms with Crippen LogP contribution in [0, 0.1) is 12.3 Å². The highest BCUT2D eigenvalue weighted by Crippen LogP contribution is 2.26. The summed E-state index contributed by atoms with van der Waals surface area (Å²) in [6.45, 7) is 6.10. The molecule has 0 unspecified atom stereocenters. The molecule has 3 nitrogen and oxygen atoms in total. The van der Waals surface area contributed by atoms with Gasteiger partial charge in [0.25, 0.3) is 0 Å². The van der Waals surface area contributed by atoms with Gasteiger partial charge in [-0.15, -0.1) is 11.8 Å². The summed E-state index contributed by atoms with van der Waals surface area (Å²) in [5, 5.41) is 11.8. The van der Waals surface area contributed by atoms with Crippen molar-refractivity contribution in [1.29, 1.82) is 0 Å². The van der Waals surface area contributed by atoms with E-state index in [1.807, 2.05) is 25.6 Å². The van der Waals surface area contributed by atoms with Gasteiger partial charge in [0.1, 0.15) is 5.84 Å². The predicted molar refractivity (Wildman–Crippen MR) is 78.3 cm³/mol. The largest absolute Gasteiger partial charge is 0.409 e. The molecule has 0 saturated carbocycles. The Morgan fingerprint density at radius 2 is 2.17 bits per heavy atom. The molecule has 1 rings (SSSR count). The third kappa shape index (κ3) is 4.61. The van der Waals surface area contributed by atoms with Crippen LogP contribution in [0.5, 0.6) is 0 Å². The minimum absolute atomic E-state index is 0.234. The van der Waals surface area contributed by atoms with E-state index in [9.17, 15) is 0 Å². The average Bonchev–Trinajstić information content (AvgIpc) is 2.33. The second kappa shape index (κ2) is 6.69. The highest BCUT2D eigenvalue weighted by Gasteiger charge is 2.22. The molecule has 100 valence electrons. The first kappa shape index (κ1) is 14.9. The van der Waals surface area contributed by atoms with Crippen LogP contribution in [0.25, 0.3) is 0 Å². The van der Waals surface area contributed by atoms with Gasteiger partial charge in [-0.1, -0.05) is 36.7 Å². The second-order valence-electron chi connectivity index (χ2n) is 5.14. The van der Waals surface area contributed by atoms with Crippen LogP contribution in [0.1, 0.15) is 32.3 Å². The van der Waals surface area contributed by atoms with Crippen molar-refractivity contribution in [2.45, 2.75) is 38.5 Å². The van der Waals surface area contributed by atoms with Gasteiger partial charge in [-0.05, 0) is 37.7 Å². The summed E-state index contributed by atoms with van der Waals surface area (Å²) in [6.07, 6.45) is 1.96. The molecule has 18 heavy (non-hydrogen) atoms. The highest BCUT2D eigenvalue weighted by molar-refractivity contribution is 7.99. The fourth-order valence-electron chi connectivity index (χ4n) is 1.67. The number of aryl methyl sites for hydroxylation is 1. The molecular weight excluding hydrogens is 244 g/mol. The fourth-order valence-corrected chi connectivity index (χ4v) is 2.64. The molecule has 0 atom stereocenters. The lowest BCUT2D eigenvalue weighted by Gasteiger charge is -2.22. The summed E-state index contributed by atoms with van der Waals surface area (Å²) >= 11 is 1.85. The molecule has 0 bridgehead atoms. The van der Waals surface area contributed by atoms with Crippen LogP contribution < -0.4 is 5.73 Å². The van der Waals surface area contributed by atoms with E-state index in [1.165, 1.54) is 10.5 Å². The molecule has 0 radical (unpaired) electrons. The highest BCUT2D eigenvalue weighted by atomic mass is 32.2. The van der Waals surface area contributed by atoms with Crippen molar-refractivity contribution in [3.8, 4) is 0 Å². The van der Waals surface area contributed by atoms with Crippen molar-refractivity contribution in [3.63, 3.8) is 0 Å². The summed E-state index contributed by atoms with van der Waals surface area (Å²) in [5.41, 5.74) is 6.71. The maximum Gasteiger partial charge on any atom is 0.144 e. The zero-order valence-corrected chi connectivity index (χ0v) is 12.1. The number of oxime groups is 1. The molecule has 4 heteroatoms. The monoisotopic (exact) mass is 266 g/mol.